The molecule has 0 heterocycles. The van der Waals surface area contributed by atoms with Crippen LogP contribution in [0, 0.1) is 5.92 Å². The van der Waals surface area contributed by atoms with Crippen LogP contribution >= 0.6 is 12.6 Å². The third kappa shape index (κ3) is 6.47. The Kier molecular flexibility index (Phi) is 7.72. The molecule has 1 unspecified atom stereocenters. The van der Waals surface area contributed by atoms with Gasteiger partial charge in [0.05, 0.1) is 0 Å². The minimum Gasteiger partial charge on any atom is -0.179 e. The number of unbranched alkanes of at least 4 members (excludes halogenated alkanes) is 1. The molecule has 0 aromatic carbocycles. The summed E-state index contributed by atoms with van der Waals surface area (Å²) in [5, 5.41) is 0. The third-order valence-electron chi connectivity index (χ3n) is 1.91. The average molecular weight is 160 g/mol. The lowest BCUT2D eigenvalue weighted by molar-refractivity contribution is 0.468. The molecule has 0 aromatic heterocycles. The van der Waals surface area contributed by atoms with Crippen LogP contribution in [0.4, 0.5) is 0 Å². The minimum atomic E-state index is 0.923. The molecule has 0 aliphatic carbocycles. The normalized spacial score (nSPS) is 13.5. The first-order chi connectivity index (χ1) is 4.81. The highest BCUT2D eigenvalue weighted by atomic mass is 32.1. The summed E-state index contributed by atoms with van der Waals surface area (Å²) in [4.78, 5) is 0. The van der Waals surface area contributed by atoms with Crippen molar-refractivity contribution in [2.75, 3.05) is 5.75 Å². The molecule has 0 N–H and O–H groups in total. The van der Waals surface area contributed by atoms with Gasteiger partial charge in [-0.3, -0.25) is 0 Å². The molecule has 0 amide bonds. The Bertz CT molecular complexity index is 53.7. The van der Waals surface area contributed by atoms with Crippen LogP contribution in [-0.4, -0.2) is 5.75 Å². The van der Waals surface area contributed by atoms with Gasteiger partial charge in [-0.25, -0.2) is 0 Å². The largest absolute Gasteiger partial charge is 0.179 e. The molecule has 0 fully saturated rings. The molecule has 0 rings (SSSR count). The maximum Gasteiger partial charge on any atom is -0.00978 e. The average Bonchev–Trinajstić information content (AvgIpc) is 1.97. The molecule has 62 valence electrons. The molecule has 0 nitrogen and oxygen atoms in total. The zero-order valence-corrected chi connectivity index (χ0v) is 8.16. The van der Waals surface area contributed by atoms with Crippen LogP contribution in [0.5, 0.6) is 0 Å². The molecule has 0 radical (unpaired) electrons. The van der Waals surface area contributed by atoms with Crippen LogP contribution in [-0.2, 0) is 0 Å². The van der Waals surface area contributed by atoms with Gasteiger partial charge in [-0.1, -0.05) is 33.1 Å². The van der Waals surface area contributed by atoms with Crippen molar-refractivity contribution in [1.29, 1.82) is 0 Å². The van der Waals surface area contributed by atoms with Gasteiger partial charge < -0.3 is 0 Å². The van der Waals surface area contributed by atoms with Gasteiger partial charge in [-0.15, -0.1) is 0 Å². The lowest BCUT2D eigenvalue weighted by Crippen LogP contribution is -1.94. The molecule has 10 heavy (non-hydrogen) atoms. The summed E-state index contributed by atoms with van der Waals surface area (Å²) in [7, 11) is 0. The van der Waals surface area contributed by atoms with E-state index in [1.54, 1.807) is 0 Å². The maximum absolute atomic E-state index is 4.19. The fraction of sp³-hybridized carbons (Fsp3) is 1.00. The fourth-order valence-electron chi connectivity index (χ4n) is 1.14. The summed E-state index contributed by atoms with van der Waals surface area (Å²) in [6, 6.07) is 0. The first-order valence-corrected chi connectivity index (χ1v) is 5.05. The van der Waals surface area contributed by atoms with Crippen LogP contribution in [0.2, 0.25) is 0 Å². The van der Waals surface area contributed by atoms with Crippen molar-refractivity contribution in [3.8, 4) is 0 Å². The summed E-state index contributed by atoms with van der Waals surface area (Å²) >= 11 is 4.19. The monoisotopic (exact) mass is 160 g/mol. The third-order valence-corrected chi connectivity index (χ3v) is 2.22. The Morgan fingerprint density at radius 1 is 1.20 bits per heavy atom. The number of rotatable bonds is 6. The first kappa shape index (κ1) is 10.3. The zero-order chi connectivity index (χ0) is 7.82. The highest BCUT2D eigenvalue weighted by Gasteiger charge is 1.98. The van der Waals surface area contributed by atoms with Crippen molar-refractivity contribution in [3.63, 3.8) is 0 Å². The molecule has 0 saturated carbocycles. The van der Waals surface area contributed by atoms with Crippen molar-refractivity contribution >= 4 is 12.6 Å². The summed E-state index contributed by atoms with van der Waals surface area (Å²) < 4.78 is 0. The van der Waals surface area contributed by atoms with E-state index in [1.165, 1.54) is 32.1 Å². The molecule has 1 atom stereocenters. The van der Waals surface area contributed by atoms with Gasteiger partial charge in [-0.2, -0.15) is 12.6 Å². The summed E-state index contributed by atoms with van der Waals surface area (Å²) in [5.74, 6) is 1.98. The van der Waals surface area contributed by atoms with E-state index in [4.69, 9.17) is 0 Å². The summed E-state index contributed by atoms with van der Waals surface area (Å²) in [6.07, 6.45) is 6.79. The van der Waals surface area contributed by atoms with Crippen molar-refractivity contribution in [3.05, 3.63) is 0 Å². The van der Waals surface area contributed by atoms with E-state index in [9.17, 15) is 0 Å². The quantitative estimate of drug-likeness (QED) is 0.565. The van der Waals surface area contributed by atoms with Gasteiger partial charge in [0.25, 0.3) is 0 Å². The van der Waals surface area contributed by atoms with Crippen molar-refractivity contribution in [2.24, 2.45) is 5.92 Å². The Morgan fingerprint density at radius 3 is 2.30 bits per heavy atom. The number of hydrogen-bond donors (Lipinski definition) is 1. The topological polar surface area (TPSA) is 0 Å². The lowest BCUT2D eigenvalue weighted by Gasteiger charge is -2.08. The molecular weight excluding hydrogens is 140 g/mol. The zero-order valence-electron chi connectivity index (χ0n) is 7.27. The Balaban J connectivity index is 3.00. The van der Waals surface area contributed by atoms with Gasteiger partial charge in [0.15, 0.2) is 0 Å². The second kappa shape index (κ2) is 7.46. The Morgan fingerprint density at radius 2 is 1.80 bits per heavy atom. The van der Waals surface area contributed by atoms with E-state index >= 15 is 0 Å². The van der Waals surface area contributed by atoms with Crippen LogP contribution in [0.3, 0.4) is 0 Å². The highest BCUT2D eigenvalue weighted by Crippen LogP contribution is 2.13. The highest BCUT2D eigenvalue weighted by molar-refractivity contribution is 7.80. The van der Waals surface area contributed by atoms with Gasteiger partial charge in [0.1, 0.15) is 0 Å². The van der Waals surface area contributed by atoms with E-state index in [1.807, 2.05) is 0 Å². The van der Waals surface area contributed by atoms with Gasteiger partial charge >= 0.3 is 0 Å². The van der Waals surface area contributed by atoms with Crippen LogP contribution in [0.25, 0.3) is 0 Å². The lowest BCUT2D eigenvalue weighted by atomic mass is 10.00. The minimum absolute atomic E-state index is 0.923. The van der Waals surface area contributed by atoms with E-state index < -0.39 is 0 Å². The Labute approximate surface area is 70.8 Å². The van der Waals surface area contributed by atoms with Crippen molar-refractivity contribution in [1.82, 2.24) is 0 Å². The van der Waals surface area contributed by atoms with E-state index in [0.717, 1.165) is 11.7 Å². The molecular formula is C9H20S. The molecule has 0 aromatic rings. The van der Waals surface area contributed by atoms with Gasteiger partial charge in [0.2, 0.25) is 0 Å². The van der Waals surface area contributed by atoms with Gasteiger partial charge in [-0.05, 0) is 24.5 Å². The van der Waals surface area contributed by atoms with Crippen molar-refractivity contribution < 1.29 is 0 Å². The van der Waals surface area contributed by atoms with E-state index in [0.29, 0.717) is 0 Å². The molecule has 0 bridgehead atoms. The smallest absolute Gasteiger partial charge is 0.00978 e. The molecule has 0 saturated heterocycles. The SMILES string of the molecule is CCCCC(C)CCCS. The number of hydrogen-bond acceptors (Lipinski definition) is 1. The van der Waals surface area contributed by atoms with Gasteiger partial charge in [0, 0.05) is 0 Å². The predicted octanol–water partition coefficient (Wildman–Crippen LogP) is 3.52. The van der Waals surface area contributed by atoms with E-state index in [-0.39, 0.29) is 0 Å². The fourth-order valence-corrected chi connectivity index (χ4v) is 1.32. The summed E-state index contributed by atoms with van der Waals surface area (Å²) in [5.41, 5.74) is 0. The second-order valence-corrected chi connectivity index (χ2v) is 3.56. The first-order valence-electron chi connectivity index (χ1n) is 4.42. The number of thiol groups is 1. The van der Waals surface area contributed by atoms with Crippen LogP contribution in [0.1, 0.15) is 46.0 Å². The predicted molar refractivity (Wildman–Crippen MR) is 51.8 cm³/mol. The van der Waals surface area contributed by atoms with E-state index in [2.05, 4.69) is 26.5 Å². The molecule has 1 heteroatoms. The molecule has 0 spiro atoms. The second-order valence-electron chi connectivity index (χ2n) is 3.11. The molecule has 0 aliphatic rings. The summed E-state index contributed by atoms with van der Waals surface area (Å²) in [6.45, 7) is 4.60. The van der Waals surface area contributed by atoms with Crippen molar-refractivity contribution in [2.45, 2.75) is 46.0 Å². The Hall–Kier alpha value is 0.350. The van der Waals surface area contributed by atoms with Crippen LogP contribution < -0.4 is 0 Å². The van der Waals surface area contributed by atoms with Crippen LogP contribution in [0.15, 0.2) is 0 Å². The maximum atomic E-state index is 4.19. The standard InChI is InChI=1S/C9H20S/c1-3-4-6-9(2)7-5-8-10/h9-10H,3-8H2,1-2H3. The molecule has 0 aliphatic heterocycles.